The minimum absolute atomic E-state index is 0.301. The molecule has 1 saturated carbocycles. The highest BCUT2D eigenvalue weighted by atomic mass is 79.9. The maximum Gasteiger partial charge on any atom is 0.175 e. The Balaban J connectivity index is 2.19. The molecule has 0 aromatic heterocycles. The fourth-order valence-corrected chi connectivity index (χ4v) is 3.34. The van der Waals surface area contributed by atoms with E-state index < -0.39 is 0 Å². The summed E-state index contributed by atoms with van der Waals surface area (Å²) >= 11 is 9.51. The molecule has 0 radical (unpaired) electrons. The van der Waals surface area contributed by atoms with Crippen molar-refractivity contribution < 1.29 is 9.47 Å². The van der Waals surface area contributed by atoms with Gasteiger partial charge in [0.25, 0.3) is 0 Å². The second kappa shape index (κ2) is 8.14. The highest BCUT2D eigenvalue weighted by Crippen LogP contribution is 2.39. The predicted molar refractivity (Wildman–Crippen MR) is 87.0 cm³/mol. The van der Waals surface area contributed by atoms with Crippen molar-refractivity contribution in [3.8, 4) is 11.5 Å². The molecule has 2 rings (SSSR count). The lowest BCUT2D eigenvalue weighted by molar-refractivity contribution is 0.172. The summed E-state index contributed by atoms with van der Waals surface area (Å²) in [6.07, 6.45) is 7.73. The maximum atomic E-state index is 6.23. The Morgan fingerprint density at radius 2 is 1.90 bits per heavy atom. The fraction of sp³-hybridized carbons (Fsp3) is 0.625. The predicted octanol–water partition coefficient (Wildman–Crippen LogP) is 5.69. The zero-order valence-corrected chi connectivity index (χ0v) is 14.3. The zero-order chi connectivity index (χ0) is 14.4. The number of alkyl halides is 1. The molecule has 1 aromatic carbocycles. The smallest absolute Gasteiger partial charge is 0.175 e. The van der Waals surface area contributed by atoms with E-state index in [2.05, 4.69) is 15.9 Å². The van der Waals surface area contributed by atoms with Gasteiger partial charge in [0.05, 0.1) is 17.2 Å². The number of hydrogen-bond donors (Lipinski definition) is 0. The van der Waals surface area contributed by atoms with Gasteiger partial charge in [0.15, 0.2) is 11.5 Å². The number of rotatable bonds is 5. The molecule has 0 spiro atoms. The molecular formula is C16H22BrClO2. The van der Waals surface area contributed by atoms with Crippen molar-refractivity contribution in [3.05, 3.63) is 22.2 Å². The highest BCUT2D eigenvalue weighted by Gasteiger charge is 2.19. The summed E-state index contributed by atoms with van der Waals surface area (Å²) in [4.78, 5) is 0. The van der Waals surface area contributed by atoms with Crippen LogP contribution >= 0.6 is 27.5 Å². The molecule has 0 bridgehead atoms. The van der Waals surface area contributed by atoms with Crippen LogP contribution in [0.25, 0.3) is 0 Å². The van der Waals surface area contributed by atoms with Crippen molar-refractivity contribution in [2.75, 3.05) is 6.61 Å². The molecule has 0 heterocycles. The number of hydrogen-bond acceptors (Lipinski definition) is 2. The second-order valence-electron chi connectivity index (χ2n) is 5.20. The number of halogens is 2. The van der Waals surface area contributed by atoms with Crippen LogP contribution in [-0.4, -0.2) is 12.7 Å². The van der Waals surface area contributed by atoms with Gasteiger partial charge in [-0.2, -0.15) is 0 Å². The van der Waals surface area contributed by atoms with Crippen LogP contribution in [0.15, 0.2) is 16.6 Å². The highest BCUT2D eigenvalue weighted by molar-refractivity contribution is 9.10. The molecule has 1 aliphatic carbocycles. The molecule has 1 aromatic rings. The van der Waals surface area contributed by atoms with E-state index in [9.17, 15) is 0 Å². The van der Waals surface area contributed by atoms with Crippen molar-refractivity contribution in [2.24, 2.45) is 0 Å². The first-order valence-corrected chi connectivity index (χ1v) is 8.75. The van der Waals surface area contributed by atoms with Crippen molar-refractivity contribution in [3.63, 3.8) is 0 Å². The minimum atomic E-state index is 0.301. The van der Waals surface area contributed by atoms with Gasteiger partial charge in [-0.3, -0.25) is 0 Å². The third-order valence-corrected chi connectivity index (χ3v) is 4.51. The van der Waals surface area contributed by atoms with E-state index in [0.29, 0.717) is 18.6 Å². The van der Waals surface area contributed by atoms with E-state index >= 15 is 0 Å². The van der Waals surface area contributed by atoms with Crippen molar-refractivity contribution in [2.45, 2.75) is 57.4 Å². The molecule has 0 saturated heterocycles. The van der Waals surface area contributed by atoms with Crippen LogP contribution in [0.2, 0.25) is 0 Å². The lowest BCUT2D eigenvalue weighted by Crippen LogP contribution is -2.16. The lowest BCUT2D eigenvalue weighted by atomic mass is 10.1. The van der Waals surface area contributed by atoms with Gasteiger partial charge in [-0.25, -0.2) is 0 Å². The molecule has 4 heteroatoms. The van der Waals surface area contributed by atoms with Gasteiger partial charge in [-0.1, -0.05) is 12.8 Å². The molecule has 0 unspecified atom stereocenters. The summed E-state index contributed by atoms with van der Waals surface area (Å²) in [6, 6.07) is 3.99. The average molecular weight is 362 g/mol. The molecule has 0 atom stereocenters. The van der Waals surface area contributed by atoms with Crippen molar-refractivity contribution in [1.29, 1.82) is 0 Å². The van der Waals surface area contributed by atoms with E-state index in [1.165, 1.54) is 25.7 Å². The standard InChI is InChI=1S/C16H22BrClO2/c1-2-19-15-10-12(11-18)9-14(17)16(15)20-13-7-5-3-4-6-8-13/h9-10,13H,2-8,11H2,1H3. The van der Waals surface area contributed by atoms with Gasteiger partial charge in [0.1, 0.15) is 0 Å². The van der Waals surface area contributed by atoms with Crippen LogP contribution < -0.4 is 9.47 Å². The van der Waals surface area contributed by atoms with Gasteiger partial charge in [-0.15, -0.1) is 11.6 Å². The lowest BCUT2D eigenvalue weighted by Gasteiger charge is -2.21. The van der Waals surface area contributed by atoms with E-state index in [-0.39, 0.29) is 0 Å². The van der Waals surface area contributed by atoms with Gasteiger partial charge in [0, 0.05) is 5.88 Å². The third-order valence-electron chi connectivity index (χ3n) is 3.61. The van der Waals surface area contributed by atoms with Crippen LogP contribution in [0.3, 0.4) is 0 Å². The van der Waals surface area contributed by atoms with E-state index in [4.69, 9.17) is 21.1 Å². The first kappa shape index (κ1) is 16.0. The molecule has 0 N–H and O–H groups in total. The third kappa shape index (κ3) is 4.29. The summed E-state index contributed by atoms with van der Waals surface area (Å²) in [7, 11) is 0. The maximum absolute atomic E-state index is 6.23. The molecule has 0 amide bonds. The second-order valence-corrected chi connectivity index (χ2v) is 6.32. The normalized spacial score (nSPS) is 16.8. The Hall–Kier alpha value is -0.410. The Kier molecular flexibility index (Phi) is 6.50. The topological polar surface area (TPSA) is 18.5 Å². The minimum Gasteiger partial charge on any atom is -0.490 e. The Bertz CT molecular complexity index is 429. The SMILES string of the molecule is CCOc1cc(CCl)cc(Br)c1OC1CCCCCC1. The molecule has 2 nitrogen and oxygen atoms in total. The zero-order valence-electron chi connectivity index (χ0n) is 12.0. The first-order chi connectivity index (χ1) is 9.74. The van der Waals surface area contributed by atoms with Gasteiger partial charge < -0.3 is 9.47 Å². The fourth-order valence-electron chi connectivity index (χ4n) is 2.60. The van der Waals surface area contributed by atoms with Crippen molar-refractivity contribution in [1.82, 2.24) is 0 Å². The van der Waals surface area contributed by atoms with Crippen LogP contribution in [0.5, 0.6) is 11.5 Å². The summed E-state index contributed by atoms with van der Waals surface area (Å²) in [5.74, 6) is 2.09. The van der Waals surface area contributed by atoms with Gasteiger partial charge >= 0.3 is 0 Å². The summed E-state index contributed by atoms with van der Waals surface area (Å²) < 4.78 is 12.9. The Labute approximate surface area is 134 Å². The van der Waals surface area contributed by atoms with E-state index in [1.54, 1.807) is 0 Å². The summed E-state index contributed by atoms with van der Waals surface area (Å²) in [5.41, 5.74) is 1.04. The number of ether oxygens (including phenoxy) is 2. The quantitative estimate of drug-likeness (QED) is 0.495. The molecule has 0 aliphatic heterocycles. The largest absolute Gasteiger partial charge is 0.490 e. The first-order valence-electron chi connectivity index (χ1n) is 7.42. The average Bonchev–Trinajstić information content (AvgIpc) is 2.71. The molecule has 112 valence electrons. The van der Waals surface area contributed by atoms with E-state index in [1.807, 2.05) is 19.1 Å². The molecule has 20 heavy (non-hydrogen) atoms. The number of benzene rings is 1. The Morgan fingerprint density at radius 1 is 1.20 bits per heavy atom. The monoisotopic (exact) mass is 360 g/mol. The van der Waals surface area contributed by atoms with Crippen molar-refractivity contribution >= 4 is 27.5 Å². The van der Waals surface area contributed by atoms with Crippen LogP contribution in [0.4, 0.5) is 0 Å². The molecule has 1 fully saturated rings. The molecule has 1 aliphatic rings. The molecular weight excluding hydrogens is 340 g/mol. The van der Waals surface area contributed by atoms with Gasteiger partial charge in [0.2, 0.25) is 0 Å². The Morgan fingerprint density at radius 3 is 2.50 bits per heavy atom. The van der Waals surface area contributed by atoms with Gasteiger partial charge in [-0.05, 0) is 66.2 Å². The van der Waals surface area contributed by atoms with Crippen LogP contribution in [0.1, 0.15) is 51.0 Å². The van der Waals surface area contributed by atoms with Crippen LogP contribution in [0, 0.1) is 0 Å². The summed E-state index contributed by atoms with van der Waals surface area (Å²) in [5, 5.41) is 0. The van der Waals surface area contributed by atoms with Crippen LogP contribution in [-0.2, 0) is 5.88 Å². The summed E-state index contributed by atoms with van der Waals surface area (Å²) in [6.45, 7) is 2.61. The van der Waals surface area contributed by atoms with E-state index in [0.717, 1.165) is 34.4 Å².